The second-order valence-electron chi connectivity index (χ2n) is 10.5. The third kappa shape index (κ3) is 5.91. The molecule has 6 heteroatoms. The molecule has 2 N–H and O–H groups in total. The van der Waals surface area contributed by atoms with Crippen LogP contribution in [0.15, 0.2) is 78.0 Å². The van der Waals surface area contributed by atoms with Gasteiger partial charge in [0.1, 0.15) is 0 Å². The van der Waals surface area contributed by atoms with E-state index in [9.17, 15) is 13.5 Å². The lowest BCUT2D eigenvalue weighted by Crippen LogP contribution is -2.43. The van der Waals surface area contributed by atoms with Crippen LogP contribution in [-0.4, -0.2) is 32.4 Å². The van der Waals surface area contributed by atoms with Gasteiger partial charge in [0.05, 0.1) is 16.8 Å². The number of nitrogens with one attached hydrogen (secondary N) is 1. The summed E-state index contributed by atoms with van der Waals surface area (Å²) in [5.41, 5.74) is 2.92. The number of fused-ring (bicyclic) bond motifs is 1. The van der Waals surface area contributed by atoms with Crippen LogP contribution in [0.4, 0.5) is 5.69 Å². The molecule has 0 spiro atoms. The fourth-order valence-corrected chi connectivity index (χ4v) is 8.11. The maximum atomic E-state index is 13.9. The first-order valence-corrected chi connectivity index (χ1v) is 15.2. The molecule has 1 aliphatic rings. The Kier molecular flexibility index (Phi) is 8.71. The van der Waals surface area contributed by atoms with Crippen molar-refractivity contribution >= 4 is 15.5 Å². The van der Waals surface area contributed by atoms with E-state index in [1.54, 1.807) is 6.07 Å². The molecule has 198 valence electrons. The van der Waals surface area contributed by atoms with E-state index in [-0.39, 0.29) is 5.75 Å². The summed E-state index contributed by atoms with van der Waals surface area (Å²) in [7, 11) is -1.76. The molecule has 0 radical (unpaired) electrons. The number of sulfone groups is 1. The molecule has 0 amide bonds. The zero-order valence-corrected chi connectivity index (χ0v) is 23.2. The number of pyridine rings is 1. The summed E-state index contributed by atoms with van der Waals surface area (Å²) in [5, 5.41) is 15.5. The van der Waals surface area contributed by atoms with E-state index in [1.807, 2.05) is 61.9 Å². The van der Waals surface area contributed by atoms with Crippen LogP contribution in [0.5, 0.6) is 0 Å². The predicted molar refractivity (Wildman–Crippen MR) is 150 cm³/mol. The van der Waals surface area contributed by atoms with Crippen molar-refractivity contribution in [2.75, 3.05) is 18.1 Å². The number of benzene rings is 2. The van der Waals surface area contributed by atoms with Crippen LogP contribution < -0.4 is 9.88 Å². The zero-order chi connectivity index (χ0) is 26.5. The Bertz CT molecular complexity index is 1280. The van der Waals surface area contributed by atoms with Crippen LogP contribution in [0.3, 0.4) is 0 Å². The molecule has 0 aliphatic carbocycles. The third-order valence-corrected chi connectivity index (χ3v) is 9.90. The topological polar surface area (TPSA) is 70.3 Å². The molecule has 2 atom stereocenters. The first kappa shape index (κ1) is 27.3. The summed E-state index contributed by atoms with van der Waals surface area (Å²) >= 11 is 0. The van der Waals surface area contributed by atoms with Crippen molar-refractivity contribution in [3.05, 3.63) is 89.7 Å². The van der Waals surface area contributed by atoms with E-state index in [0.29, 0.717) is 29.8 Å². The molecule has 5 nitrogen and oxygen atoms in total. The Morgan fingerprint density at radius 3 is 2.32 bits per heavy atom. The Labute approximate surface area is 222 Å². The molecular weight excluding hydrogens is 480 g/mol. The maximum absolute atomic E-state index is 13.9. The number of anilines is 1. The fraction of sp³-hybridized carbons (Fsp3) is 0.452. The van der Waals surface area contributed by atoms with Gasteiger partial charge in [-0.05, 0) is 48.2 Å². The molecule has 2 heterocycles. The van der Waals surface area contributed by atoms with Gasteiger partial charge in [-0.2, -0.15) is 0 Å². The lowest BCUT2D eigenvalue weighted by molar-refractivity contribution is -0.688. The van der Waals surface area contributed by atoms with E-state index < -0.39 is 27.3 Å². The summed E-state index contributed by atoms with van der Waals surface area (Å²) in [6.45, 7) is 4.96. The Morgan fingerprint density at radius 1 is 0.973 bits per heavy atom. The average molecular weight is 522 g/mol. The van der Waals surface area contributed by atoms with E-state index in [0.717, 1.165) is 42.5 Å². The van der Waals surface area contributed by atoms with E-state index in [4.69, 9.17) is 0 Å². The molecule has 0 saturated carbocycles. The van der Waals surface area contributed by atoms with Crippen molar-refractivity contribution in [2.24, 2.45) is 5.41 Å². The number of aliphatic hydroxyl groups excluding tert-OH is 1. The molecule has 1 aromatic heterocycles. The van der Waals surface area contributed by atoms with Gasteiger partial charge in [-0.3, -0.25) is 0 Å². The number of aliphatic hydroxyl groups is 1. The van der Waals surface area contributed by atoms with Crippen LogP contribution in [-0.2, 0) is 16.4 Å². The quantitative estimate of drug-likeness (QED) is 0.335. The van der Waals surface area contributed by atoms with Crippen LogP contribution in [0.1, 0.15) is 75.0 Å². The fourth-order valence-electron chi connectivity index (χ4n) is 5.92. The van der Waals surface area contributed by atoms with E-state index in [1.165, 1.54) is 0 Å². The lowest BCUT2D eigenvalue weighted by atomic mass is 9.68. The van der Waals surface area contributed by atoms with Gasteiger partial charge < -0.3 is 10.4 Å². The molecule has 0 saturated heterocycles. The van der Waals surface area contributed by atoms with Crippen LogP contribution in [0, 0.1) is 5.41 Å². The highest BCUT2D eigenvalue weighted by Crippen LogP contribution is 2.50. The van der Waals surface area contributed by atoms with Crippen molar-refractivity contribution in [3.8, 4) is 0 Å². The number of hydrogen-bond donors (Lipinski definition) is 2. The van der Waals surface area contributed by atoms with E-state index >= 15 is 0 Å². The maximum Gasteiger partial charge on any atom is 0.179 e. The molecule has 2 aromatic carbocycles. The van der Waals surface area contributed by atoms with Gasteiger partial charge in [-0.15, -0.1) is 0 Å². The Hall–Kier alpha value is -2.70. The van der Waals surface area contributed by atoms with Gasteiger partial charge in [0, 0.05) is 41.8 Å². The average Bonchev–Trinajstić information content (AvgIpc) is 2.97. The van der Waals surface area contributed by atoms with Gasteiger partial charge in [-0.1, -0.05) is 63.8 Å². The number of aromatic nitrogens is 1. The highest BCUT2D eigenvalue weighted by molar-refractivity contribution is 7.91. The summed E-state index contributed by atoms with van der Waals surface area (Å²) in [6, 6.07) is 19.8. The van der Waals surface area contributed by atoms with Gasteiger partial charge in [0.2, 0.25) is 0 Å². The Morgan fingerprint density at radius 2 is 1.68 bits per heavy atom. The molecule has 0 bridgehead atoms. The molecule has 2 unspecified atom stereocenters. The second-order valence-corrected chi connectivity index (χ2v) is 12.5. The first-order chi connectivity index (χ1) is 17.8. The second kappa shape index (κ2) is 11.8. The minimum atomic E-state index is -3.60. The highest BCUT2D eigenvalue weighted by atomic mass is 32.2. The van der Waals surface area contributed by atoms with Gasteiger partial charge in [0.25, 0.3) is 0 Å². The minimum absolute atomic E-state index is 0.0108. The van der Waals surface area contributed by atoms with Crippen LogP contribution in [0.25, 0.3) is 0 Å². The van der Waals surface area contributed by atoms with Crippen molar-refractivity contribution in [2.45, 2.75) is 75.8 Å². The molecule has 37 heavy (non-hydrogen) atoms. The monoisotopic (exact) mass is 521 g/mol. The Balaban J connectivity index is 1.90. The molecule has 0 fully saturated rings. The standard InChI is InChI=1S/C31H41N2O3S/c1-4-6-16-31(17-7-5-2)23-37(35,36)28-15-14-26(32-3)21-27(28)29(30(31)34)25-13-11-12-24(20-25)22-33-18-9-8-10-19-33/h8-15,18-21,29-30,32,34H,4-7,16-17,22-23H2,1-3H3/q+1. The van der Waals surface area contributed by atoms with Gasteiger partial charge >= 0.3 is 0 Å². The number of rotatable bonds is 10. The van der Waals surface area contributed by atoms with Gasteiger partial charge in [0.15, 0.2) is 28.8 Å². The largest absolute Gasteiger partial charge is 0.392 e. The third-order valence-electron chi connectivity index (χ3n) is 7.90. The summed E-state index contributed by atoms with van der Waals surface area (Å²) in [6.07, 6.45) is 8.38. The van der Waals surface area contributed by atoms with Crippen molar-refractivity contribution in [1.82, 2.24) is 0 Å². The molecule has 3 aromatic rings. The molecular formula is C31H41N2O3S+. The van der Waals surface area contributed by atoms with Crippen molar-refractivity contribution < 1.29 is 18.1 Å². The zero-order valence-electron chi connectivity index (χ0n) is 22.4. The minimum Gasteiger partial charge on any atom is -0.392 e. The smallest absolute Gasteiger partial charge is 0.179 e. The number of hydrogen-bond acceptors (Lipinski definition) is 4. The van der Waals surface area contributed by atoms with Gasteiger partial charge in [-0.25, -0.2) is 13.0 Å². The van der Waals surface area contributed by atoms with E-state index in [2.05, 4.69) is 35.9 Å². The SMILES string of the molecule is CCCCC1(CCCC)CS(=O)(=O)c2ccc(NC)cc2C(c2cccc(C[n+]3ccccc3)c2)C1O. The molecule has 4 rings (SSSR count). The number of nitrogens with zero attached hydrogens (tertiary/aromatic N) is 1. The van der Waals surface area contributed by atoms with Crippen molar-refractivity contribution in [3.63, 3.8) is 0 Å². The summed E-state index contributed by atoms with van der Waals surface area (Å²) in [5.74, 6) is -0.446. The highest BCUT2D eigenvalue weighted by Gasteiger charge is 2.49. The molecule has 1 aliphatic heterocycles. The normalized spacial score (nSPS) is 20.1. The van der Waals surface area contributed by atoms with Crippen molar-refractivity contribution in [1.29, 1.82) is 0 Å². The summed E-state index contributed by atoms with van der Waals surface area (Å²) in [4.78, 5) is 0.355. The predicted octanol–water partition coefficient (Wildman–Crippen LogP) is 5.71. The first-order valence-electron chi connectivity index (χ1n) is 13.6. The van der Waals surface area contributed by atoms with Crippen LogP contribution >= 0.6 is 0 Å². The van der Waals surface area contributed by atoms with Crippen LogP contribution in [0.2, 0.25) is 0 Å². The lowest BCUT2D eigenvalue weighted by Gasteiger charge is -2.40. The number of unbranched alkanes of at least 4 members (excludes halogenated alkanes) is 2. The summed E-state index contributed by atoms with van der Waals surface area (Å²) < 4.78 is 30.0.